The van der Waals surface area contributed by atoms with Crippen LogP contribution in [-0.2, 0) is 32.5 Å². The molecule has 5 aromatic carbocycles. The first kappa shape index (κ1) is 63.2. The van der Waals surface area contributed by atoms with Gasteiger partial charge in [0.1, 0.15) is 0 Å². The fourth-order valence-electron chi connectivity index (χ4n) is 10.9. The molecule has 0 radical (unpaired) electrons. The molecule has 4 aromatic heterocycles. The molecule has 2 aliphatic heterocycles. The predicted octanol–water partition coefficient (Wildman–Crippen LogP) is 11.2. The minimum absolute atomic E-state index is 0.0144. The normalized spacial score (nSPS) is 15.5. The van der Waals surface area contributed by atoms with Crippen LogP contribution in [0.15, 0.2) is 181 Å². The summed E-state index contributed by atoms with van der Waals surface area (Å²) in [6.07, 6.45) is 17.5. The summed E-state index contributed by atoms with van der Waals surface area (Å²) in [7, 11) is 3.91. The highest BCUT2D eigenvalue weighted by Crippen LogP contribution is 2.37. The molecular formula is C68H70Cl2N12O6S. The number of anilines is 2. The third kappa shape index (κ3) is 15.9. The topological polar surface area (TPSA) is 212 Å². The second kappa shape index (κ2) is 29.0. The van der Waals surface area contributed by atoms with E-state index >= 15 is 0 Å². The van der Waals surface area contributed by atoms with Crippen LogP contribution in [0.5, 0.6) is 0 Å². The number of likely N-dealkylation sites (tertiary alicyclic amines) is 2. The zero-order chi connectivity index (χ0) is 62.6. The van der Waals surface area contributed by atoms with Gasteiger partial charge in [-0.05, 0) is 126 Å². The quantitative estimate of drug-likeness (QED) is 0.0606. The fourth-order valence-corrected chi connectivity index (χ4v) is 12.7. The molecule has 0 spiro atoms. The lowest BCUT2D eigenvalue weighted by molar-refractivity contribution is -0.114. The Hall–Kier alpha value is -8.85. The van der Waals surface area contributed by atoms with Gasteiger partial charge in [0.05, 0.1) is 44.2 Å². The maximum absolute atomic E-state index is 13.6. The molecule has 9 aromatic rings. The van der Waals surface area contributed by atoms with Crippen LogP contribution in [0, 0.1) is 0 Å². The lowest BCUT2D eigenvalue weighted by atomic mass is 10.0. The van der Waals surface area contributed by atoms with Crippen LogP contribution in [0.4, 0.5) is 11.9 Å². The number of halogens is 2. The maximum Gasteiger partial charge on any atom is 0.268 e. The zero-order valence-corrected chi connectivity index (χ0v) is 52.4. The van der Waals surface area contributed by atoms with E-state index in [-0.39, 0.29) is 51.8 Å². The number of carbonyl (C=O) groups is 4. The lowest BCUT2D eigenvalue weighted by Crippen LogP contribution is -2.45. The number of nitrogens with one attached hydrogen (secondary N) is 3. The van der Waals surface area contributed by atoms with E-state index in [1.165, 1.54) is 10.2 Å². The summed E-state index contributed by atoms with van der Waals surface area (Å²) in [5.74, 6) is 0.768. The minimum atomic E-state index is -3.89. The van der Waals surface area contributed by atoms with Gasteiger partial charge in [0.2, 0.25) is 11.9 Å². The number of aromatic nitrogens is 6. The molecule has 2 saturated heterocycles. The van der Waals surface area contributed by atoms with Crippen molar-refractivity contribution in [3.05, 3.63) is 209 Å². The molecule has 11 rings (SSSR count). The molecule has 2 aliphatic rings. The van der Waals surface area contributed by atoms with E-state index in [0.717, 1.165) is 59.8 Å². The molecule has 2 amide bonds. The van der Waals surface area contributed by atoms with E-state index in [0.29, 0.717) is 95.0 Å². The van der Waals surface area contributed by atoms with Gasteiger partial charge in [0.15, 0.2) is 11.6 Å². The molecule has 18 nitrogen and oxygen atoms in total. The molecule has 2 atom stereocenters. The first-order valence-corrected chi connectivity index (χ1v) is 31.7. The smallest absolute Gasteiger partial charge is 0.268 e. The van der Waals surface area contributed by atoms with Crippen LogP contribution in [0.25, 0.3) is 44.3 Å². The van der Waals surface area contributed by atoms with Gasteiger partial charge in [-0.2, -0.15) is 0 Å². The van der Waals surface area contributed by atoms with E-state index < -0.39 is 10.0 Å². The van der Waals surface area contributed by atoms with Gasteiger partial charge in [-0.3, -0.25) is 19.2 Å². The summed E-state index contributed by atoms with van der Waals surface area (Å²) in [4.78, 5) is 80.6. The van der Waals surface area contributed by atoms with Crippen LogP contribution < -0.4 is 10.6 Å². The van der Waals surface area contributed by atoms with Crippen LogP contribution in [0.3, 0.4) is 0 Å². The summed E-state index contributed by atoms with van der Waals surface area (Å²) in [6, 6.07) is 37.9. The number of likely N-dealkylation sites (N-methyl/N-ethyl adjacent to an activating group) is 2. The SMILES string of the molecule is CN(C)C/C=C/C(=O)Cc1ccc(C(=O)N2CCCC(Nc3ncc(Cl)c(-c4c[nH]c5ccccc45)n3)C2)cc1.CN(C)C/C=C/C(=O)Cc1ccc(C(=O)N2CCCC(Nc3ncc(Cl)c(-c4cn(S(=O)(=O)c5ccccc5)c5ccccc45)n3)C2)cc1. The summed E-state index contributed by atoms with van der Waals surface area (Å²) in [5.41, 5.74) is 6.96. The average molecular weight is 1250 g/mol. The van der Waals surface area contributed by atoms with Crippen molar-refractivity contribution in [2.45, 2.75) is 55.5 Å². The first-order chi connectivity index (χ1) is 43.0. The van der Waals surface area contributed by atoms with Crippen molar-refractivity contribution in [2.24, 2.45) is 0 Å². The number of hydrogen-bond acceptors (Lipinski definition) is 14. The number of fused-ring (bicyclic) bond motifs is 2. The Labute approximate surface area is 528 Å². The molecule has 0 bridgehead atoms. The van der Waals surface area contributed by atoms with Crippen molar-refractivity contribution >= 4 is 90.3 Å². The monoisotopic (exact) mass is 1250 g/mol. The molecule has 21 heteroatoms. The Bertz CT molecular complexity index is 4170. The summed E-state index contributed by atoms with van der Waals surface area (Å²) in [5, 5.41) is 9.27. The Kier molecular flexibility index (Phi) is 20.6. The van der Waals surface area contributed by atoms with Crippen molar-refractivity contribution in [2.75, 3.05) is 78.1 Å². The number of nitrogens with zero attached hydrogens (tertiary/aromatic N) is 9. The summed E-state index contributed by atoms with van der Waals surface area (Å²) < 4.78 is 28.5. The number of ketones is 2. The van der Waals surface area contributed by atoms with Crippen LogP contribution in [-0.4, -0.2) is 160 Å². The van der Waals surface area contributed by atoms with E-state index in [1.807, 2.05) is 127 Å². The van der Waals surface area contributed by atoms with Crippen LogP contribution in [0.1, 0.15) is 57.5 Å². The van der Waals surface area contributed by atoms with E-state index in [1.54, 1.807) is 91.3 Å². The van der Waals surface area contributed by atoms with Crippen LogP contribution in [0.2, 0.25) is 10.0 Å². The van der Waals surface area contributed by atoms with Crippen molar-refractivity contribution in [3.63, 3.8) is 0 Å². The number of hydrogen-bond donors (Lipinski definition) is 3. The van der Waals surface area contributed by atoms with Gasteiger partial charge >= 0.3 is 0 Å². The average Bonchev–Trinajstić information content (AvgIpc) is 1.66. The second-order valence-electron chi connectivity index (χ2n) is 22.7. The standard InChI is InChI=1S/C37H37ClN6O4S.C31H33ClN6O2/c1-42(2)20-9-11-29(45)22-26-16-18-27(19-17-26)36(46)43-21-8-10-28(24-43)40-37-39-23-33(38)35(41-37)32-25-44(34-15-7-6-14-31(32)34)49(47,48)30-12-4-3-5-13-30;1-37(2)15-6-8-24(39)17-21-11-13-22(14-12-21)30(40)38-16-5-7-23(20-38)35-31-34-19-27(32)29(36-31)26-18-33-28-10-4-3-9-25(26)28/h3-7,9,11-19,23,25,28H,8,10,20-22,24H2,1-2H3,(H,39,40,41);3-4,6,8-14,18-19,23,33H,5,7,15-17,20H2,1-2H3,(H,34,35,36)/b11-9+;8-6+. The van der Waals surface area contributed by atoms with Crippen LogP contribution >= 0.6 is 23.2 Å². The molecule has 2 unspecified atom stereocenters. The number of benzene rings is 5. The largest absolute Gasteiger partial charge is 0.360 e. The highest BCUT2D eigenvalue weighted by molar-refractivity contribution is 7.90. The number of H-pyrrole nitrogens is 1. The Morgan fingerprint density at radius 3 is 1.60 bits per heavy atom. The highest BCUT2D eigenvalue weighted by Gasteiger charge is 2.29. The van der Waals surface area contributed by atoms with Gasteiger partial charge in [-0.25, -0.2) is 32.3 Å². The number of carbonyl (C=O) groups excluding carboxylic acids is 4. The Balaban J connectivity index is 0.000000200. The molecule has 458 valence electrons. The van der Waals surface area contributed by atoms with E-state index in [2.05, 4.69) is 25.6 Å². The lowest BCUT2D eigenvalue weighted by Gasteiger charge is -2.33. The number of amides is 2. The highest BCUT2D eigenvalue weighted by atomic mass is 35.5. The summed E-state index contributed by atoms with van der Waals surface area (Å²) >= 11 is 13.1. The Morgan fingerprint density at radius 1 is 0.607 bits per heavy atom. The second-order valence-corrected chi connectivity index (χ2v) is 25.3. The van der Waals surface area contributed by atoms with Crippen molar-refractivity contribution in [3.8, 4) is 22.5 Å². The fraction of sp³-hybridized carbons (Fsp3) is 0.265. The molecule has 3 N–H and O–H groups in total. The zero-order valence-electron chi connectivity index (χ0n) is 50.0. The number of allylic oxidation sites excluding steroid dienone is 2. The minimum Gasteiger partial charge on any atom is -0.360 e. The third-order valence-electron chi connectivity index (χ3n) is 15.4. The van der Waals surface area contributed by atoms with Crippen molar-refractivity contribution < 1.29 is 27.6 Å². The number of piperidine rings is 2. The predicted molar refractivity (Wildman–Crippen MR) is 352 cm³/mol. The molecule has 0 aliphatic carbocycles. The van der Waals surface area contributed by atoms with Gasteiger partial charge in [-0.15, -0.1) is 0 Å². The van der Waals surface area contributed by atoms with Gasteiger partial charge in [0, 0.05) is 115 Å². The van der Waals surface area contributed by atoms with Crippen molar-refractivity contribution in [1.82, 2.24) is 48.5 Å². The molecular weight excluding hydrogens is 1180 g/mol. The third-order valence-corrected chi connectivity index (χ3v) is 17.6. The Morgan fingerprint density at radius 2 is 1.08 bits per heavy atom. The number of para-hydroxylation sites is 2. The number of aromatic amines is 1. The molecule has 0 saturated carbocycles. The maximum atomic E-state index is 13.6. The van der Waals surface area contributed by atoms with Gasteiger partial charge < -0.3 is 35.2 Å². The number of rotatable bonds is 20. The van der Waals surface area contributed by atoms with Gasteiger partial charge in [-0.1, -0.05) is 114 Å². The van der Waals surface area contributed by atoms with Crippen molar-refractivity contribution in [1.29, 1.82) is 0 Å². The van der Waals surface area contributed by atoms with E-state index in [4.69, 9.17) is 33.2 Å². The molecule has 2 fully saturated rings. The first-order valence-electron chi connectivity index (χ1n) is 29.5. The van der Waals surface area contributed by atoms with E-state index in [9.17, 15) is 27.6 Å². The molecule has 6 heterocycles. The summed E-state index contributed by atoms with van der Waals surface area (Å²) in [6.45, 7) is 3.73. The van der Waals surface area contributed by atoms with Gasteiger partial charge in [0.25, 0.3) is 21.8 Å². The molecule has 89 heavy (non-hydrogen) atoms.